The summed E-state index contributed by atoms with van der Waals surface area (Å²) < 4.78 is 10.8. The summed E-state index contributed by atoms with van der Waals surface area (Å²) in [6, 6.07) is 10.7. The van der Waals surface area contributed by atoms with Crippen LogP contribution in [0, 0.1) is 6.92 Å². The van der Waals surface area contributed by atoms with Gasteiger partial charge in [0.2, 0.25) is 0 Å². The Morgan fingerprint density at radius 1 is 1.06 bits per heavy atom. The molecule has 0 aliphatic carbocycles. The molecule has 8 heteroatoms. The van der Waals surface area contributed by atoms with Crippen molar-refractivity contribution in [3.8, 4) is 11.5 Å². The number of imide groups is 2. The lowest BCUT2D eigenvalue weighted by atomic mass is 10.1. The summed E-state index contributed by atoms with van der Waals surface area (Å²) >= 11 is 0. The number of esters is 1. The largest absolute Gasteiger partial charge is 0.490 e. The van der Waals surface area contributed by atoms with Gasteiger partial charge in [0.05, 0.1) is 12.3 Å². The minimum Gasteiger partial charge on any atom is -0.490 e. The molecule has 31 heavy (non-hydrogen) atoms. The standard InChI is InChI=1S/C23H22N2O6/c1-4-20(26)31-18-10-9-15(13-19(18)30-5-2)12-17-21(27)24-23(29)25(22(17)28)16-8-6-7-14(3)11-16/h6-13H,4-5H2,1-3H3,(H,24,27,29)/b17-12-. The Labute approximate surface area is 179 Å². The lowest BCUT2D eigenvalue weighted by Gasteiger charge is -2.26. The number of ether oxygens (including phenoxy) is 2. The number of benzene rings is 2. The highest BCUT2D eigenvalue weighted by molar-refractivity contribution is 6.39. The maximum atomic E-state index is 13.0. The Hall–Kier alpha value is -3.94. The fourth-order valence-corrected chi connectivity index (χ4v) is 2.99. The SMILES string of the molecule is CCOc1cc(/C=C2/C(=O)NC(=O)N(c3cccc(C)c3)C2=O)ccc1OC(=O)CC. The van der Waals surface area contributed by atoms with Gasteiger partial charge in [-0.2, -0.15) is 0 Å². The molecule has 0 atom stereocenters. The zero-order valence-electron chi connectivity index (χ0n) is 17.4. The quantitative estimate of drug-likeness (QED) is 0.331. The first kappa shape index (κ1) is 21.8. The summed E-state index contributed by atoms with van der Waals surface area (Å²) in [6.07, 6.45) is 1.57. The molecule has 0 radical (unpaired) electrons. The van der Waals surface area contributed by atoms with Gasteiger partial charge in [-0.25, -0.2) is 9.69 Å². The van der Waals surface area contributed by atoms with Crippen LogP contribution in [0.1, 0.15) is 31.4 Å². The van der Waals surface area contributed by atoms with Gasteiger partial charge in [-0.15, -0.1) is 0 Å². The van der Waals surface area contributed by atoms with Crippen LogP contribution < -0.4 is 19.7 Å². The number of rotatable bonds is 6. The Balaban J connectivity index is 1.98. The second-order valence-electron chi connectivity index (χ2n) is 6.76. The van der Waals surface area contributed by atoms with E-state index in [9.17, 15) is 19.2 Å². The van der Waals surface area contributed by atoms with Crippen molar-refractivity contribution in [1.82, 2.24) is 5.32 Å². The van der Waals surface area contributed by atoms with Crippen LogP contribution >= 0.6 is 0 Å². The molecule has 8 nitrogen and oxygen atoms in total. The van der Waals surface area contributed by atoms with Gasteiger partial charge in [-0.1, -0.05) is 25.1 Å². The molecule has 160 valence electrons. The number of anilines is 1. The van der Waals surface area contributed by atoms with Crippen molar-refractivity contribution in [2.75, 3.05) is 11.5 Å². The molecular weight excluding hydrogens is 400 g/mol. The van der Waals surface area contributed by atoms with Crippen molar-refractivity contribution in [3.05, 3.63) is 59.2 Å². The van der Waals surface area contributed by atoms with E-state index in [-0.39, 0.29) is 17.7 Å². The number of barbiturate groups is 1. The van der Waals surface area contributed by atoms with Crippen LogP contribution in [0.25, 0.3) is 6.08 Å². The summed E-state index contributed by atoms with van der Waals surface area (Å²) in [5.74, 6) is -1.40. The first-order valence-corrected chi connectivity index (χ1v) is 9.79. The first-order valence-electron chi connectivity index (χ1n) is 9.79. The Bertz CT molecular complexity index is 1090. The number of amides is 4. The van der Waals surface area contributed by atoms with Crippen molar-refractivity contribution < 1.29 is 28.7 Å². The molecule has 4 amide bonds. The van der Waals surface area contributed by atoms with Crippen molar-refractivity contribution in [1.29, 1.82) is 0 Å². The zero-order valence-corrected chi connectivity index (χ0v) is 17.4. The van der Waals surface area contributed by atoms with Gasteiger partial charge in [-0.3, -0.25) is 19.7 Å². The van der Waals surface area contributed by atoms with E-state index in [4.69, 9.17) is 9.47 Å². The van der Waals surface area contributed by atoms with Gasteiger partial charge in [0, 0.05) is 6.42 Å². The molecule has 2 aromatic carbocycles. The van der Waals surface area contributed by atoms with E-state index in [0.29, 0.717) is 23.6 Å². The van der Waals surface area contributed by atoms with Crippen molar-refractivity contribution in [2.24, 2.45) is 0 Å². The highest BCUT2D eigenvalue weighted by Crippen LogP contribution is 2.30. The number of hydrogen-bond donors (Lipinski definition) is 1. The highest BCUT2D eigenvalue weighted by Gasteiger charge is 2.36. The average molecular weight is 422 g/mol. The van der Waals surface area contributed by atoms with Crippen molar-refractivity contribution in [3.63, 3.8) is 0 Å². The minimum absolute atomic E-state index is 0.203. The summed E-state index contributed by atoms with van der Waals surface area (Å²) in [5.41, 5.74) is 1.48. The lowest BCUT2D eigenvalue weighted by molar-refractivity contribution is -0.134. The predicted octanol–water partition coefficient (Wildman–Crippen LogP) is 3.38. The van der Waals surface area contributed by atoms with Crippen LogP contribution in [0.2, 0.25) is 0 Å². The number of nitrogens with one attached hydrogen (secondary N) is 1. The summed E-state index contributed by atoms with van der Waals surface area (Å²) in [5, 5.41) is 2.19. The summed E-state index contributed by atoms with van der Waals surface area (Å²) in [6.45, 7) is 5.61. The van der Waals surface area contributed by atoms with Gasteiger partial charge in [0.1, 0.15) is 5.57 Å². The van der Waals surface area contributed by atoms with E-state index in [0.717, 1.165) is 10.5 Å². The molecule has 3 rings (SSSR count). The number of carbonyl (C=O) groups excluding carboxylic acids is 4. The molecule has 1 fully saturated rings. The van der Waals surface area contributed by atoms with E-state index in [1.165, 1.54) is 12.1 Å². The number of carbonyl (C=O) groups is 4. The highest BCUT2D eigenvalue weighted by atomic mass is 16.6. The molecule has 1 saturated heterocycles. The van der Waals surface area contributed by atoms with E-state index in [2.05, 4.69) is 5.32 Å². The van der Waals surface area contributed by atoms with Crippen LogP contribution in [0.15, 0.2) is 48.0 Å². The third-order valence-corrected chi connectivity index (χ3v) is 4.45. The van der Waals surface area contributed by atoms with E-state index in [1.807, 2.05) is 13.0 Å². The van der Waals surface area contributed by atoms with Crippen LogP contribution in [0.4, 0.5) is 10.5 Å². The second kappa shape index (κ2) is 9.25. The van der Waals surface area contributed by atoms with E-state index < -0.39 is 23.8 Å². The Kier molecular flexibility index (Phi) is 6.49. The second-order valence-corrected chi connectivity index (χ2v) is 6.76. The number of aryl methyl sites for hydroxylation is 1. The first-order chi connectivity index (χ1) is 14.8. The van der Waals surface area contributed by atoms with Gasteiger partial charge in [-0.05, 0) is 55.3 Å². The Morgan fingerprint density at radius 3 is 2.52 bits per heavy atom. The fourth-order valence-electron chi connectivity index (χ4n) is 2.99. The molecule has 1 heterocycles. The molecular formula is C23H22N2O6. The van der Waals surface area contributed by atoms with Gasteiger partial charge >= 0.3 is 12.0 Å². The monoisotopic (exact) mass is 422 g/mol. The molecule has 0 saturated carbocycles. The van der Waals surface area contributed by atoms with Crippen LogP contribution in [-0.4, -0.2) is 30.4 Å². The molecule has 1 N–H and O–H groups in total. The van der Waals surface area contributed by atoms with Crippen molar-refractivity contribution >= 4 is 35.6 Å². The van der Waals surface area contributed by atoms with Crippen molar-refractivity contribution in [2.45, 2.75) is 27.2 Å². The number of nitrogens with zero attached hydrogens (tertiary/aromatic N) is 1. The molecule has 0 spiro atoms. The minimum atomic E-state index is -0.811. The Morgan fingerprint density at radius 2 is 1.84 bits per heavy atom. The van der Waals surface area contributed by atoms with Gasteiger partial charge < -0.3 is 9.47 Å². The van der Waals surface area contributed by atoms with E-state index in [1.54, 1.807) is 44.2 Å². The molecule has 1 aliphatic rings. The fraction of sp³-hybridized carbons (Fsp3) is 0.217. The maximum Gasteiger partial charge on any atom is 0.335 e. The van der Waals surface area contributed by atoms with Crippen LogP contribution in [0.3, 0.4) is 0 Å². The summed E-state index contributed by atoms with van der Waals surface area (Å²) in [4.78, 5) is 50.2. The predicted molar refractivity (Wildman–Crippen MR) is 114 cm³/mol. The van der Waals surface area contributed by atoms with Crippen LogP contribution in [-0.2, 0) is 14.4 Å². The lowest BCUT2D eigenvalue weighted by Crippen LogP contribution is -2.54. The average Bonchev–Trinajstić information content (AvgIpc) is 2.73. The molecule has 0 bridgehead atoms. The number of hydrogen-bond acceptors (Lipinski definition) is 6. The third kappa shape index (κ3) is 4.80. The summed E-state index contributed by atoms with van der Waals surface area (Å²) in [7, 11) is 0. The molecule has 0 unspecified atom stereocenters. The number of urea groups is 1. The molecule has 1 aliphatic heterocycles. The van der Waals surface area contributed by atoms with E-state index >= 15 is 0 Å². The normalized spacial score (nSPS) is 15.1. The van der Waals surface area contributed by atoms with Gasteiger partial charge in [0.15, 0.2) is 11.5 Å². The smallest absolute Gasteiger partial charge is 0.335 e. The zero-order chi connectivity index (χ0) is 22.5. The van der Waals surface area contributed by atoms with Crippen LogP contribution in [0.5, 0.6) is 11.5 Å². The molecule has 2 aromatic rings. The van der Waals surface area contributed by atoms with Gasteiger partial charge in [0.25, 0.3) is 11.8 Å². The third-order valence-electron chi connectivity index (χ3n) is 4.45. The molecule has 0 aromatic heterocycles. The maximum absolute atomic E-state index is 13.0. The topological polar surface area (TPSA) is 102 Å².